The number of ether oxygens (including phenoxy) is 1. The second-order valence-corrected chi connectivity index (χ2v) is 7.41. The van der Waals surface area contributed by atoms with Crippen molar-refractivity contribution in [2.75, 3.05) is 0 Å². The van der Waals surface area contributed by atoms with Gasteiger partial charge in [0, 0.05) is 11.8 Å². The molecule has 0 aliphatic heterocycles. The lowest BCUT2D eigenvalue weighted by Crippen LogP contribution is -2.56. The summed E-state index contributed by atoms with van der Waals surface area (Å²) in [5.41, 5.74) is 2.51. The summed E-state index contributed by atoms with van der Waals surface area (Å²) in [7, 11) is 0. The summed E-state index contributed by atoms with van der Waals surface area (Å²) >= 11 is 0. The molecule has 1 aromatic carbocycles. The van der Waals surface area contributed by atoms with Gasteiger partial charge in [0.25, 0.3) is 0 Å². The second-order valence-electron chi connectivity index (χ2n) is 7.41. The van der Waals surface area contributed by atoms with Crippen molar-refractivity contribution in [3.63, 3.8) is 0 Å². The molecule has 0 radical (unpaired) electrons. The minimum absolute atomic E-state index is 0.113. The molecule has 0 spiro atoms. The SMILES string of the molecule is Cc1cc(C(C)(C)C)ccc1OC1CC(O)C1(C)C. The fourth-order valence-electron chi connectivity index (χ4n) is 2.47. The molecule has 1 fully saturated rings. The van der Waals surface area contributed by atoms with Crippen LogP contribution in [0.15, 0.2) is 18.2 Å². The van der Waals surface area contributed by atoms with E-state index in [9.17, 15) is 5.11 Å². The van der Waals surface area contributed by atoms with Crippen LogP contribution in [0, 0.1) is 12.3 Å². The molecule has 0 heterocycles. The average Bonchev–Trinajstić information content (AvgIpc) is 2.29. The summed E-state index contributed by atoms with van der Waals surface area (Å²) < 4.78 is 6.07. The number of rotatable bonds is 2. The summed E-state index contributed by atoms with van der Waals surface area (Å²) in [6.45, 7) is 12.9. The van der Waals surface area contributed by atoms with E-state index in [1.165, 1.54) is 11.1 Å². The fraction of sp³-hybridized carbons (Fsp3) is 0.647. The molecule has 1 aliphatic carbocycles. The lowest BCUT2D eigenvalue weighted by molar-refractivity contribution is -0.134. The van der Waals surface area contributed by atoms with Gasteiger partial charge in [-0.05, 0) is 29.5 Å². The summed E-state index contributed by atoms with van der Waals surface area (Å²) in [5.74, 6) is 0.943. The molecule has 106 valence electrons. The Morgan fingerprint density at radius 1 is 1.26 bits per heavy atom. The van der Waals surface area contributed by atoms with Crippen LogP contribution >= 0.6 is 0 Å². The van der Waals surface area contributed by atoms with Gasteiger partial charge < -0.3 is 9.84 Å². The molecule has 0 bridgehead atoms. The molecule has 1 aliphatic rings. The third-order valence-corrected chi connectivity index (χ3v) is 4.44. The first-order valence-corrected chi connectivity index (χ1v) is 7.08. The zero-order chi connectivity index (χ0) is 14.4. The van der Waals surface area contributed by atoms with Crippen LogP contribution in [-0.4, -0.2) is 17.3 Å². The highest BCUT2D eigenvalue weighted by Crippen LogP contribution is 2.43. The fourth-order valence-corrected chi connectivity index (χ4v) is 2.47. The molecular weight excluding hydrogens is 236 g/mol. The van der Waals surface area contributed by atoms with Crippen molar-refractivity contribution in [2.45, 2.75) is 65.6 Å². The Balaban J connectivity index is 2.15. The zero-order valence-electron chi connectivity index (χ0n) is 12.9. The Morgan fingerprint density at radius 2 is 1.89 bits per heavy atom. The van der Waals surface area contributed by atoms with Crippen molar-refractivity contribution in [3.05, 3.63) is 29.3 Å². The number of aliphatic hydroxyl groups excluding tert-OH is 1. The molecule has 1 aromatic rings. The molecule has 0 saturated heterocycles. The van der Waals surface area contributed by atoms with E-state index in [2.05, 4.69) is 59.7 Å². The van der Waals surface area contributed by atoms with Gasteiger partial charge in [-0.3, -0.25) is 0 Å². The molecule has 2 nitrogen and oxygen atoms in total. The van der Waals surface area contributed by atoms with Crippen LogP contribution in [0.3, 0.4) is 0 Å². The zero-order valence-corrected chi connectivity index (χ0v) is 12.9. The van der Waals surface area contributed by atoms with Crippen molar-refractivity contribution >= 4 is 0 Å². The minimum atomic E-state index is -0.244. The van der Waals surface area contributed by atoms with Gasteiger partial charge in [0.1, 0.15) is 11.9 Å². The first-order valence-electron chi connectivity index (χ1n) is 7.08. The second kappa shape index (κ2) is 4.52. The standard InChI is InChI=1S/C17H26O2/c1-11-9-12(16(2,3)4)7-8-13(11)19-15-10-14(18)17(15,5)6/h7-9,14-15,18H,10H2,1-6H3. The molecule has 2 atom stereocenters. The van der Waals surface area contributed by atoms with Gasteiger partial charge in [0.15, 0.2) is 0 Å². The van der Waals surface area contributed by atoms with Crippen molar-refractivity contribution in [2.24, 2.45) is 5.41 Å². The van der Waals surface area contributed by atoms with Crippen molar-refractivity contribution in [3.8, 4) is 5.75 Å². The van der Waals surface area contributed by atoms with Crippen molar-refractivity contribution in [1.29, 1.82) is 0 Å². The Labute approximate surface area is 116 Å². The van der Waals surface area contributed by atoms with E-state index in [1.54, 1.807) is 0 Å². The van der Waals surface area contributed by atoms with Gasteiger partial charge in [-0.25, -0.2) is 0 Å². The number of aliphatic hydroxyl groups is 1. The Kier molecular flexibility index (Phi) is 3.42. The quantitative estimate of drug-likeness (QED) is 0.877. The third kappa shape index (κ3) is 2.64. The van der Waals surface area contributed by atoms with Crippen LogP contribution in [0.5, 0.6) is 5.75 Å². The molecular formula is C17H26O2. The molecule has 2 rings (SSSR count). The molecule has 1 saturated carbocycles. The Morgan fingerprint density at radius 3 is 2.32 bits per heavy atom. The van der Waals surface area contributed by atoms with Gasteiger partial charge in [-0.15, -0.1) is 0 Å². The summed E-state index contributed by atoms with van der Waals surface area (Å²) in [5, 5.41) is 9.76. The monoisotopic (exact) mass is 262 g/mol. The van der Waals surface area contributed by atoms with Crippen molar-refractivity contribution < 1.29 is 9.84 Å². The molecule has 1 N–H and O–H groups in total. The topological polar surface area (TPSA) is 29.5 Å². The number of hydrogen-bond acceptors (Lipinski definition) is 2. The lowest BCUT2D eigenvalue weighted by atomic mass is 9.66. The molecule has 2 unspecified atom stereocenters. The lowest BCUT2D eigenvalue weighted by Gasteiger charge is -2.48. The van der Waals surface area contributed by atoms with Crippen LogP contribution in [0.4, 0.5) is 0 Å². The minimum Gasteiger partial charge on any atom is -0.489 e. The predicted molar refractivity (Wildman–Crippen MR) is 78.7 cm³/mol. The van der Waals surface area contributed by atoms with Crippen LogP contribution in [0.25, 0.3) is 0 Å². The summed E-state index contributed by atoms with van der Waals surface area (Å²) in [6.07, 6.45) is 0.598. The van der Waals surface area contributed by atoms with E-state index in [4.69, 9.17) is 4.74 Å². The first kappa shape index (κ1) is 14.4. The van der Waals surface area contributed by atoms with Crippen LogP contribution in [0.1, 0.15) is 52.2 Å². The summed E-state index contributed by atoms with van der Waals surface area (Å²) in [6, 6.07) is 6.42. The van der Waals surface area contributed by atoms with E-state index in [-0.39, 0.29) is 23.0 Å². The van der Waals surface area contributed by atoms with E-state index < -0.39 is 0 Å². The van der Waals surface area contributed by atoms with Gasteiger partial charge >= 0.3 is 0 Å². The normalized spacial score (nSPS) is 25.8. The number of aryl methyl sites for hydroxylation is 1. The average molecular weight is 262 g/mol. The van der Waals surface area contributed by atoms with E-state index in [0.717, 1.165) is 12.2 Å². The van der Waals surface area contributed by atoms with Crippen LogP contribution < -0.4 is 4.74 Å². The maximum atomic E-state index is 9.76. The molecule has 0 aromatic heterocycles. The van der Waals surface area contributed by atoms with Crippen LogP contribution in [0.2, 0.25) is 0 Å². The molecule has 19 heavy (non-hydrogen) atoms. The maximum absolute atomic E-state index is 9.76. The van der Waals surface area contributed by atoms with Gasteiger partial charge in [-0.1, -0.05) is 46.8 Å². The van der Waals surface area contributed by atoms with Gasteiger partial charge in [0.2, 0.25) is 0 Å². The molecule has 2 heteroatoms. The largest absolute Gasteiger partial charge is 0.489 e. The van der Waals surface area contributed by atoms with Crippen LogP contribution in [-0.2, 0) is 5.41 Å². The Hall–Kier alpha value is -1.02. The van der Waals surface area contributed by atoms with Crippen molar-refractivity contribution in [1.82, 2.24) is 0 Å². The maximum Gasteiger partial charge on any atom is 0.122 e. The first-order chi connectivity index (χ1) is 8.62. The molecule has 0 amide bonds. The third-order valence-electron chi connectivity index (χ3n) is 4.44. The highest BCUT2D eigenvalue weighted by molar-refractivity contribution is 5.39. The van der Waals surface area contributed by atoms with Gasteiger partial charge in [0.05, 0.1) is 6.10 Å². The highest BCUT2D eigenvalue weighted by atomic mass is 16.5. The highest BCUT2D eigenvalue weighted by Gasteiger charge is 2.49. The number of hydrogen-bond donors (Lipinski definition) is 1. The predicted octanol–water partition coefficient (Wildman–Crippen LogP) is 3.83. The van der Waals surface area contributed by atoms with E-state index in [0.29, 0.717) is 0 Å². The van der Waals surface area contributed by atoms with Gasteiger partial charge in [-0.2, -0.15) is 0 Å². The smallest absolute Gasteiger partial charge is 0.122 e. The van der Waals surface area contributed by atoms with E-state index in [1.807, 2.05) is 0 Å². The summed E-state index contributed by atoms with van der Waals surface area (Å²) in [4.78, 5) is 0. The Bertz CT molecular complexity index is 469. The van der Waals surface area contributed by atoms with E-state index >= 15 is 0 Å². The number of benzene rings is 1.